The molecule has 1 N–H and O–H groups in total. The Labute approximate surface area is 183 Å². The third-order valence-electron chi connectivity index (χ3n) is 6.54. The summed E-state index contributed by atoms with van der Waals surface area (Å²) in [6, 6.07) is 9.73. The average molecular weight is 420 g/mol. The lowest BCUT2D eigenvalue weighted by Gasteiger charge is -2.36. The van der Waals surface area contributed by atoms with Crippen molar-refractivity contribution in [2.24, 2.45) is 5.92 Å². The Bertz CT molecular complexity index is 972. The number of carboxylic acid groups (broad SMARTS) is 1. The standard InChI is InChI=1S/C26H29NO4/c1-30-23-9-8-21(17-24(23)31-22-6-2-3-7-22)26(13-4-5-20(18-26)25(28)29)14-10-19-11-15-27-16-12-19/h8-9,11-12,15-17,20,22H,2-7,13,18H2,1H3,(H,28,29). The second-order valence-corrected chi connectivity index (χ2v) is 8.59. The van der Waals surface area contributed by atoms with Crippen molar-refractivity contribution in [1.82, 2.24) is 4.98 Å². The monoisotopic (exact) mass is 419 g/mol. The highest BCUT2D eigenvalue weighted by atomic mass is 16.5. The Hall–Kier alpha value is -3.00. The summed E-state index contributed by atoms with van der Waals surface area (Å²) in [4.78, 5) is 15.9. The largest absolute Gasteiger partial charge is 0.493 e. The molecule has 1 aromatic carbocycles. The molecule has 2 aliphatic carbocycles. The Morgan fingerprint density at radius 2 is 1.87 bits per heavy atom. The van der Waals surface area contributed by atoms with Gasteiger partial charge >= 0.3 is 5.97 Å². The van der Waals surface area contributed by atoms with Crippen molar-refractivity contribution < 1.29 is 19.4 Å². The van der Waals surface area contributed by atoms with Crippen molar-refractivity contribution in [3.63, 3.8) is 0 Å². The first-order valence-electron chi connectivity index (χ1n) is 11.1. The molecule has 0 amide bonds. The highest BCUT2D eigenvalue weighted by Crippen LogP contribution is 2.44. The number of benzene rings is 1. The van der Waals surface area contributed by atoms with Crippen LogP contribution < -0.4 is 9.47 Å². The molecule has 0 radical (unpaired) electrons. The molecule has 2 fully saturated rings. The molecule has 31 heavy (non-hydrogen) atoms. The maximum atomic E-state index is 11.8. The summed E-state index contributed by atoms with van der Waals surface area (Å²) in [7, 11) is 1.65. The zero-order valence-corrected chi connectivity index (χ0v) is 18.0. The topological polar surface area (TPSA) is 68.7 Å². The van der Waals surface area contributed by atoms with E-state index in [9.17, 15) is 9.90 Å². The lowest BCUT2D eigenvalue weighted by Crippen LogP contribution is -2.35. The van der Waals surface area contributed by atoms with Gasteiger partial charge in [-0.25, -0.2) is 0 Å². The van der Waals surface area contributed by atoms with E-state index in [1.165, 1.54) is 12.8 Å². The molecular weight excluding hydrogens is 390 g/mol. The molecule has 2 unspecified atom stereocenters. The van der Waals surface area contributed by atoms with Gasteiger partial charge in [-0.05, 0) is 74.8 Å². The molecule has 2 atom stereocenters. The summed E-state index contributed by atoms with van der Waals surface area (Å²) in [5, 5.41) is 9.73. The number of hydrogen-bond acceptors (Lipinski definition) is 4. The van der Waals surface area contributed by atoms with Crippen LogP contribution in [0.1, 0.15) is 62.5 Å². The summed E-state index contributed by atoms with van der Waals surface area (Å²) in [6.45, 7) is 0. The van der Waals surface area contributed by atoms with Gasteiger partial charge in [-0.15, -0.1) is 0 Å². The van der Waals surface area contributed by atoms with Crippen molar-refractivity contribution in [2.75, 3.05) is 7.11 Å². The van der Waals surface area contributed by atoms with E-state index in [4.69, 9.17) is 9.47 Å². The van der Waals surface area contributed by atoms with Gasteiger partial charge in [-0.1, -0.05) is 24.3 Å². The molecule has 2 aromatic rings. The number of carbonyl (C=O) groups is 1. The first-order chi connectivity index (χ1) is 15.1. The van der Waals surface area contributed by atoms with Crippen LogP contribution in [0.15, 0.2) is 42.7 Å². The maximum absolute atomic E-state index is 11.8. The van der Waals surface area contributed by atoms with Crippen LogP contribution in [0.5, 0.6) is 11.5 Å². The fourth-order valence-corrected chi connectivity index (χ4v) is 4.81. The molecule has 1 aromatic heterocycles. The van der Waals surface area contributed by atoms with Crippen LogP contribution >= 0.6 is 0 Å². The minimum Gasteiger partial charge on any atom is -0.493 e. The molecule has 1 heterocycles. The first-order valence-corrected chi connectivity index (χ1v) is 11.1. The quantitative estimate of drug-likeness (QED) is 0.693. The SMILES string of the molecule is COc1ccc(C2(C#Cc3ccncc3)CCCC(C(=O)O)C2)cc1OC1CCCC1. The van der Waals surface area contributed by atoms with Crippen LogP contribution in [0.3, 0.4) is 0 Å². The second kappa shape index (κ2) is 9.43. The summed E-state index contributed by atoms with van der Waals surface area (Å²) >= 11 is 0. The summed E-state index contributed by atoms with van der Waals surface area (Å²) < 4.78 is 11.9. The molecule has 4 rings (SSSR count). The molecular formula is C26H29NO4. The molecule has 5 nitrogen and oxygen atoms in total. The van der Waals surface area contributed by atoms with E-state index in [2.05, 4.69) is 16.8 Å². The van der Waals surface area contributed by atoms with Gasteiger partial charge in [0.2, 0.25) is 0 Å². The van der Waals surface area contributed by atoms with E-state index in [1.807, 2.05) is 30.3 Å². The lowest BCUT2D eigenvalue weighted by molar-refractivity contribution is -0.143. The smallest absolute Gasteiger partial charge is 0.306 e. The normalized spacial score (nSPS) is 23.6. The van der Waals surface area contributed by atoms with Gasteiger partial charge in [0, 0.05) is 18.0 Å². The predicted octanol–water partition coefficient (Wildman–Crippen LogP) is 4.98. The van der Waals surface area contributed by atoms with Crippen LogP contribution in [0.2, 0.25) is 0 Å². The van der Waals surface area contributed by atoms with Gasteiger partial charge in [0.05, 0.1) is 24.5 Å². The van der Waals surface area contributed by atoms with Crippen LogP contribution in [-0.4, -0.2) is 29.3 Å². The number of pyridine rings is 1. The number of carboxylic acids is 1. The van der Waals surface area contributed by atoms with E-state index in [-0.39, 0.29) is 6.10 Å². The molecule has 2 saturated carbocycles. The molecule has 0 aliphatic heterocycles. The van der Waals surface area contributed by atoms with E-state index >= 15 is 0 Å². The van der Waals surface area contributed by atoms with Gasteiger partial charge in [-0.3, -0.25) is 9.78 Å². The number of ether oxygens (including phenoxy) is 2. The number of aliphatic carboxylic acids is 1. The Kier molecular flexibility index (Phi) is 6.46. The van der Waals surface area contributed by atoms with Gasteiger partial charge < -0.3 is 14.6 Å². The molecule has 162 valence electrons. The predicted molar refractivity (Wildman–Crippen MR) is 118 cm³/mol. The van der Waals surface area contributed by atoms with Crippen molar-refractivity contribution >= 4 is 5.97 Å². The number of hydrogen-bond donors (Lipinski definition) is 1. The molecule has 0 saturated heterocycles. The van der Waals surface area contributed by atoms with Crippen LogP contribution in [0.25, 0.3) is 0 Å². The molecule has 0 spiro atoms. The van der Waals surface area contributed by atoms with Crippen LogP contribution in [0.4, 0.5) is 0 Å². The van der Waals surface area contributed by atoms with E-state index in [1.54, 1.807) is 19.5 Å². The van der Waals surface area contributed by atoms with Gasteiger partial charge in [0.15, 0.2) is 11.5 Å². The van der Waals surface area contributed by atoms with Crippen molar-refractivity contribution in [3.8, 4) is 23.3 Å². The summed E-state index contributed by atoms with van der Waals surface area (Å²) in [5.41, 5.74) is 1.35. The van der Waals surface area contributed by atoms with E-state index in [0.29, 0.717) is 18.6 Å². The third-order valence-corrected chi connectivity index (χ3v) is 6.54. The third kappa shape index (κ3) is 4.85. The van der Waals surface area contributed by atoms with Crippen molar-refractivity contribution in [2.45, 2.75) is 62.9 Å². The van der Waals surface area contributed by atoms with Crippen LogP contribution in [-0.2, 0) is 10.2 Å². The van der Waals surface area contributed by atoms with E-state index < -0.39 is 17.3 Å². The Morgan fingerprint density at radius 1 is 1.10 bits per heavy atom. The number of aromatic nitrogens is 1. The Balaban J connectivity index is 1.74. The van der Waals surface area contributed by atoms with E-state index in [0.717, 1.165) is 42.6 Å². The fourth-order valence-electron chi connectivity index (χ4n) is 4.81. The highest BCUT2D eigenvalue weighted by Gasteiger charge is 2.40. The highest BCUT2D eigenvalue weighted by molar-refractivity contribution is 5.70. The first kappa shape index (κ1) is 21.2. The van der Waals surface area contributed by atoms with Gasteiger partial charge in [0.25, 0.3) is 0 Å². The van der Waals surface area contributed by atoms with Crippen LogP contribution in [0, 0.1) is 17.8 Å². The number of nitrogens with zero attached hydrogens (tertiary/aromatic N) is 1. The maximum Gasteiger partial charge on any atom is 0.306 e. The minimum atomic E-state index is -0.745. The average Bonchev–Trinajstić information content (AvgIpc) is 3.31. The Morgan fingerprint density at radius 3 is 2.58 bits per heavy atom. The minimum absolute atomic E-state index is 0.209. The summed E-state index contributed by atoms with van der Waals surface area (Å²) in [6.07, 6.45) is 11.0. The van der Waals surface area contributed by atoms with Gasteiger partial charge in [0.1, 0.15) is 0 Å². The van der Waals surface area contributed by atoms with Gasteiger partial charge in [-0.2, -0.15) is 0 Å². The lowest BCUT2D eigenvalue weighted by atomic mass is 9.66. The summed E-state index contributed by atoms with van der Waals surface area (Å²) in [5.74, 6) is 7.04. The van der Waals surface area contributed by atoms with Crippen molar-refractivity contribution in [1.29, 1.82) is 0 Å². The van der Waals surface area contributed by atoms with Crippen molar-refractivity contribution in [3.05, 3.63) is 53.9 Å². The second-order valence-electron chi connectivity index (χ2n) is 8.59. The molecule has 2 aliphatic rings. The number of rotatable bonds is 5. The molecule has 0 bridgehead atoms. The zero-order valence-electron chi connectivity index (χ0n) is 18.0. The fraction of sp³-hybridized carbons (Fsp3) is 0.462. The number of methoxy groups -OCH3 is 1. The zero-order chi connectivity index (χ0) is 21.7. The molecule has 5 heteroatoms.